The Morgan fingerprint density at radius 2 is 1.87 bits per heavy atom. The quantitative estimate of drug-likeness (QED) is 0.693. The van der Waals surface area contributed by atoms with Crippen LogP contribution in [0.5, 0.6) is 0 Å². The van der Waals surface area contributed by atoms with Crippen molar-refractivity contribution in [3.05, 3.63) is 77.0 Å². The van der Waals surface area contributed by atoms with E-state index >= 15 is 0 Å². The first-order chi connectivity index (χ1) is 11.3. The Bertz CT molecular complexity index is 879. The minimum absolute atomic E-state index is 0.320. The van der Waals surface area contributed by atoms with Crippen LogP contribution in [0.4, 0.5) is 10.1 Å². The average molecular weight is 321 g/mol. The first-order valence-corrected chi connectivity index (χ1v) is 7.78. The van der Waals surface area contributed by atoms with Crippen LogP contribution < -0.4 is 5.32 Å². The fraction of sp³-hybridized carbons (Fsp3) is 0. The van der Waals surface area contributed by atoms with Gasteiger partial charge in [-0.3, -0.25) is 0 Å². The SMILES string of the molecule is N#CC(=CNc1ccccc1F)c1nc(-c2ccccc2)cs1. The van der Waals surface area contributed by atoms with Gasteiger partial charge in [-0.05, 0) is 12.1 Å². The molecule has 0 radical (unpaired) electrons. The van der Waals surface area contributed by atoms with Crippen molar-refractivity contribution in [2.24, 2.45) is 0 Å². The lowest BCUT2D eigenvalue weighted by molar-refractivity contribution is 0.632. The number of nitriles is 1. The summed E-state index contributed by atoms with van der Waals surface area (Å²) < 4.78 is 13.6. The van der Waals surface area contributed by atoms with Crippen LogP contribution in [0.1, 0.15) is 5.01 Å². The van der Waals surface area contributed by atoms with Gasteiger partial charge in [0, 0.05) is 17.1 Å². The first kappa shape index (κ1) is 14.9. The number of benzene rings is 2. The topological polar surface area (TPSA) is 48.7 Å². The van der Waals surface area contributed by atoms with Crippen LogP contribution >= 0.6 is 11.3 Å². The maximum Gasteiger partial charge on any atom is 0.146 e. The molecule has 3 aromatic rings. The number of thiazole rings is 1. The molecule has 0 atom stereocenters. The molecule has 0 fully saturated rings. The molecule has 0 amide bonds. The van der Waals surface area contributed by atoms with E-state index < -0.39 is 0 Å². The second-order valence-corrected chi connectivity index (χ2v) is 5.56. The summed E-state index contributed by atoms with van der Waals surface area (Å²) in [6.45, 7) is 0. The molecule has 3 rings (SSSR count). The van der Waals surface area contributed by atoms with Crippen molar-refractivity contribution in [3.8, 4) is 17.3 Å². The number of halogens is 1. The van der Waals surface area contributed by atoms with E-state index in [4.69, 9.17) is 0 Å². The predicted octanol–water partition coefficient (Wildman–Crippen LogP) is 4.93. The summed E-state index contributed by atoms with van der Waals surface area (Å²) in [5.41, 5.74) is 2.49. The number of allylic oxidation sites excluding steroid dienone is 1. The van der Waals surface area contributed by atoms with Gasteiger partial charge in [0.15, 0.2) is 0 Å². The summed E-state index contributed by atoms with van der Waals surface area (Å²) in [4.78, 5) is 4.48. The number of nitrogens with zero attached hydrogens (tertiary/aromatic N) is 2. The van der Waals surface area contributed by atoms with Gasteiger partial charge in [-0.2, -0.15) is 5.26 Å². The maximum absolute atomic E-state index is 13.6. The highest BCUT2D eigenvalue weighted by Gasteiger charge is 2.09. The average Bonchev–Trinajstić information content (AvgIpc) is 3.08. The predicted molar refractivity (Wildman–Crippen MR) is 91.2 cm³/mol. The highest BCUT2D eigenvalue weighted by atomic mass is 32.1. The maximum atomic E-state index is 13.6. The van der Waals surface area contributed by atoms with Crippen LogP contribution in [0.2, 0.25) is 0 Å². The molecule has 3 nitrogen and oxygen atoms in total. The molecule has 0 saturated carbocycles. The molecule has 0 saturated heterocycles. The Kier molecular flexibility index (Phi) is 4.46. The summed E-state index contributed by atoms with van der Waals surface area (Å²) in [6, 6.07) is 18.2. The number of rotatable bonds is 4. The Hall–Kier alpha value is -2.97. The van der Waals surface area contributed by atoms with E-state index in [1.807, 2.05) is 35.7 Å². The molecule has 0 bridgehead atoms. The minimum atomic E-state index is -0.370. The van der Waals surface area contributed by atoms with Gasteiger partial charge in [-0.25, -0.2) is 9.37 Å². The van der Waals surface area contributed by atoms with Crippen LogP contribution in [-0.2, 0) is 0 Å². The molecule has 0 aliphatic heterocycles. The van der Waals surface area contributed by atoms with Gasteiger partial charge in [-0.1, -0.05) is 42.5 Å². The zero-order chi connectivity index (χ0) is 16.1. The number of para-hydroxylation sites is 1. The van der Waals surface area contributed by atoms with Crippen molar-refractivity contribution in [2.75, 3.05) is 5.32 Å². The number of nitrogens with one attached hydrogen (secondary N) is 1. The molecule has 2 aromatic carbocycles. The summed E-state index contributed by atoms with van der Waals surface area (Å²) in [7, 11) is 0. The van der Waals surface area contributed by atoms with Gasteiger partial charge in [-0.15, -0.1) is 11.3 Å². The summed E-state index contributed by atoms with van der Waals surface area (Å²) in [6.07, 6.45) is 1.48. The van der Waals surface area contributed by atoms with Crippen molar-refractivity contribution in [1.82, 2.24) is 4.98 Å². The van der Waals surface area contributed by atoms with E-state index in [1.165, 1.54) is 23.6 Å². The van der Waals surface area contributed by atoms with Gasteiger partial charge in [0.2, 0.25) is 0 Å². The van der Waals surface area contributed by atoms with Crippen LogP contribution in [0.15, 0.2) is 66.2 Å². The van der Waals surface area contributed by atoms with Crippen LogP contribution in [0.3, 0.4) is 0 Å². The molecule has 0 aliphatic carbocycles. The molecule has 0 unspecified atom stereocenters. The number of aromatic nitrogens is 1. The van der Waals surface area contributed by atoms with Gasteiger partial charge < -0.3 is 5.32 Å². The fourth-order valence-electron chi connectivity index (χ4n) is 2.01. The first-order valence-electron chi connectivity index (χ1n) is 6.90. The molecule has 0 spiro atoms. The van der Waals surface area contributed by atoms with Gasteiger partial charge in [0.1, 0.15) is 22.5 Å². The molecular formula is C18H12FN3S. The van der Waals surface area contributed by atoms with E-state index in [9.17, 15) is 9.65 Å². The number of hydrogen-bond donors (Lipinski definition) is 1. The third-order valence-corrected chi connectivity index (χ3v) is 4.05. The molecule has 1 heterocycles. The Morgan fingerprint density at radius 3 is 2.61 bits per heavy atom. The van der Waals surface area contributed by atoms with E-state index in [2.05, 4.69) is 16.4 Å². The second kappa shape index (κ2) is 6.86. The minimum Gasteiger partial charge on any atom is -0.358 e. The summed E-state index contributed by atoms with van der Waals surface area (Å²) in [5, 5.41) is 14.6. The lowest BCUT2D eigenvalue weighted by atomic mass is 10.2. The smallest absolute Gasteiger partial charge is 0.146 e. The molecular weight excluding hydrogens is 309 g/mol. The Labute approximate surface area is 137 Å². The van der Waals surface area contributed by atoms with E-state index in [-0.39, 0.29) is 5.82 Å². The van der Waals surface area contributed by atoms with Crippen molar-refractivity contribution >= 4 is 22.6 Å². The largest absolute Gasteiger partial charge is 0.358 e. The van der Waals surface area contributed by atoms with Gasteiger partial charge in [0.25, 0.3) is 0 Å². The molecule has 23 heavy (non-hydrogen) atoms. The fourth-order valence-corrected chi connectivity index (χ4v) is 2.80. The zero-order valence-electron chi connectivity index (χ0n) is 12.0. The highest BCUT2D eigenvalue weighted by molar-refractivity contribution is 7.11. The lowest BCUT2D eigenvalue weighted by Crippen LogP contribution is -1.93. The monoisotopic (exact) mass is 321 g/mol. The lowest BCUT2D eigenvalue weighted by Gasteiger charge is -2.02. The normalized spacial score (nSPS) is 11.0. The van der Waals surface area contributed by atoms with Gasteiger partial charge in [0.05, 0.1) is 11.4 Å². The Morgan fingerprint density at radius 1 is 1.13 bits per heavy atom. The second-order valence-electron chi connectivity index (χ2n) is 4.70. The van der Waals surface area contributed by atoms with E-state index in [0.717, 1.165) is 11.3 Å². The molecule has 112 valence electrons. The third kappa shape index (κ3) is 3.44. The van der Waals surface area contributed by atoms with Crippen LogP contribution in [-0.4, -0.2) is 4.98 Å². The van der Waals surface area contributed by atoms with Crippen LogP contribution in [0, 0.1) is 17.1 Å². The highest BCUT2D eigenvalue weighted by Crippen LogP contribution is 2.26. The summed E-state index contributed by atoms with van der Waals surface area (Å²) >= 11 is 1.38. The molecule has 0 aliphatic rings. The number of hydrogen-bond acceptors (Lipinski definition) is 4. The van der Waals surface area contributed by atoms with Crippen LogP contribution in [0.25, 0.3) is 16.8 Å². The molecule has 1 aromatic heterocycles. The van der Waals surface area contributed by atoms with Crippen molar-refractivity contribution < 1.29 is 4.39 Å². The van der Waals surface area contributed by atoms with E-state index in [1.54, 1.807) is 18.2 Å². The molecule has 1 N–H and O–H groups in total. The third-order valence-electron chi connectivity index (χ3n) is 3.17. The van der Waals surface area contributed by atoms with Crippen molar-refractivity contribution in [1.29, 1.82) is 5.26 Å². The zero-order valence-corrected chi connectivity index (χ0v) is 12.8. The van der Waals surface area contributed by atoms with Crippen molar-refractivity contribution in [3.63, 3.8) is 0 Å². The standard InChI is InChI=1S/C18H12FN3S/c19-15-8-4-5-9-16(15)21-11-14(10-20)18-22-17(12-23-18)13-6-2-1-3-7-13/h1-9,11-12,21H. The van der Waals surface area contributed by atoms with Crippen molar-refractivity contribution in [2.45, 2.75) is 0 Å². The number of anilines is 1. The summed E-state index contributed by atoms with van der Waals surface area (Å²) in [5.74, 6) is -0.370. The van der Waals surface area contributed by atoms with E-state index in [0.29, 0.717) is 16.3 Å². The Balaban J connectivity index is 1.85. The molecule has 5 heteroatoms. The van der Waals surface area contributed by atoms with Gasteiger partial charge >= 0.3 is 0 Å².